The van der Waals surface area contributed by atoms with Crippen LogP contribution < -0.4 is 9.47 Å². The first kappa shape index (κ1) is 20.0. The van der Waals surface area contributed by atoms with E-state index in [1.54, 1.807) is 30.3 Å². The molecular weight excluding hydrogens is 351 g/mol. The van der Waals surface area contributed by atoms with E-state index in [1.165, 1.54) is 38.7 Å². The van der Waals surface area contributed by atoms with Crippen LogP contribution in [0.2, 0.25) is 0 Å². The number of carbonyl (C=O) groups excluding carboxylic acids is 1. The van der Waals surface area contributed by atoms with Crippen LogP contribution >= 0.6 is 0 Å². The van der Waals surface area contributed by atoms with Crippen LogP contribution in [0.15, 0.2) is 61.4 Å². The lowest BCUT2D eigenvalue weighted by Gasteiger charge is -2.13. The van der Waals surface area contributed by atoms with Crippen LogP contribution in [0, 0.1) is 5.82 Å². The molecule has 0 unspecified atom stereocenters. The maximum Gasteiger partial charge on any atom is 0.341 e. The second-order valence-corrected chi connectivity index (χ2v) is 5.42. The number of halogens is 1. The average Bonchev–Trinajstić information content (AvgIpc) is 2.69. The van der Waals surface area contributed by atoms with Crippen LogP contribution in [0.3, 0.4) is 0 Å². The maximum absolute atomic E-state index is 13.7. The molecule has 5 nitrogen and oxygen atoms in total. The van der Waals surface area contributed by atoms with Crippen LogP contribution in [-0.2, 0) is 20.9 Å². The SMILES string of the molecule is C=CCOc1ccc(OCc2cc(F)ccc2/C(=C/OC)C(=O)OC)cc1. The second kappa shape index (κ2) is 10.0. The molecule has 142 valence electrons. The van der Waals surface area contributed by atoms with Crippen molar-refractivity contribution in [3.05, 3.63) is 78.3 Å². The van der Waals surface area contributed by atoms with Crippen molar-refractivity contribution in [2.24, 2.45) is 0 Å². The topological polar surface area (TPSA) is 54.0 Å². The van der Waals surface area contributed by atoms with E-state index in [1.807, 2.05) is 0 Å². The van der Waals surface area contributed by atoms with Gasteiger partial charge in [-0.15, -0.1) is 0 Å². The van der Waals surface area contributed by atoms with Crippen molar-refractivity contribution in [3.63, 3.8) is 0 Å². The minimum absolute atomic E-state index is 0.0536. The molecule has 0 atom stereocenters. The van der Waals surface area contributed by atoms with Gasteiger partial charge >= 0.3 is 5.97 Å². The summed E-state index contributed by atoms with van der Waals surface area (Å²) in [6.07, 6.45) is 2.91. The van der Waals surface area contributed by atoms with Gasteiger partial charge in [-0.05, 0) is 42.0 Å². The van der Waals surface area contributed by atoms with E-state index in [4.69, 9.17) is 18.9 Å². The number of carbonyl (C=O) groups is 1. The number of hydrogen-bond acceptors (Lipinski definition) is 5. The van der Waals surface area contributed by atoms with Gasteiger partial charge in [-0.1, -0.05) is 18.7 Å². The molecule has 0 aliphatic carbocycles. The molecule has 0 N–H and O–H groups in total. The number of ether oxygens (including phenoxy) is 4. The highest BCUT2D eigenvalue weighted by atomic mass is 19.1. The van der Waals surface area contributed by atoms with E-state index >= 15 is 0 Å². The fraction of sp³-hybridized carbons (Fsp3) is 0.190. The molecule has 0 radical (unpaired) electrons. The van der Waals surface area contributed by atoms with Gasteiger partial charge in [-0.2, -0.15) is 0 Å². The van der Waals surface area contributed by atoms with Crippen molar-refractivity contribution in [2.45, 2.75) is 6.61 Å². The van der Waals surface area contributed by atoms with E-state index in [2.05, 4.69) is 6.58 Å². The number of hydrogen-bond donors (Lipinski definition) is 0. The van der Waals surface area contributed by atoms with Gasteiger partial charge in [0.2, 0.25) is 0 Å². The third-order valence-corrected chi connectivity index (χ3v) is 3.58. The summed E-state index contributed by atoms with van der Waals surface area (Å²) in [7, 11) is 2.68. The molecule has 0 amide bonds. The molecule has 0 aromatic heterocycles. The zero-order chi connectivity index (χ0) is 19.6. The molecule has 0 aliphatic heterocycles. The number of rotatable bonds is 9. The van der Waals surface area contributed by atoms with Crippen LogP contribution in [0.1, 0.15) is 11.1 Å². The van der Waals surface area contributed by atoms with Crippen LogP contribution in [0.4, 0.5) is 4.39 Å². The summed E-state index contributed by atoms with van der Waals surface area (Å²) in [6.45, 7) is 4.06. The third-order valence-electron chi connectivity index (χ3n) is 3.58. The van der Waals surface area contributed by atoms with E-state index in [9.17, 15) is 9.18 Å². The fourth-order valence-electron chi connectivity index (χ4n) is 2.34. The molecular formula is C21H21FO5. The maximum atomic E-state index is 13.7. The van der Waals surface area contributed by atoms with E-state index in [0.717, 1.165) is 0 Å². The second-order valence-electron chi connectivity index (χ2n) is 5.42. The van der Waals surface area contributed by atoms with Crippen LogP contribution in [-0.4, -0.2) is 26.8 Å². The largest absolute Gasteiger partial charge is 0.503 e. The highest BCUT2D eigenvalue weighted by molar-refractivity contribution is 6.16. The van der Waals surface area contributed by atoms with Crippen molar-refractivity contribution in [2.75, 3.05) is 20.8 Å². The van der Waals surface area contributed by atoms with Gasteiger partial charge in [0.25, 0.3) is 0 Å². The first-order valence-electron chi connectivity index (χ1n) is 8.15. The van der Waals surface area contributed by atoms with Crippen molar-refractivity contribution in [3.8, 4) is 11.5 Å². The Balaban J connectivity index is 2.20. The van der Waals surface area contributed by atoms with Crippen LogP contribution in [0.5, 0.6) is 11.5 Å². The molecule has 0 bridgehead atoms. The smallest absolute Gasteiger partial charge is 0.341 e. The molecule has 2 rings (SSSR count). The van der Waals surface area contributed by atoms with Gasteiger partial charge < -0.3 is 18.9 Å². The van der Waals surface area contributed by atoms with Gasteiger partial charge in [0.05, 0.1) is 20.5 Å². The van der Waals surface area contributed by atoms with Crippen molar-refractivity contribution in [1.82, 2.24) is 0 Å². The van der Waals surface area contributed by atoms with Gasteiger partial charge in [0.1, 0.15) is 36.1 Å². The molecule has 0 saturated heterocycles. The summed E-state index contributed by atoms with van der Waals surface area (Å²) in [5.74, 6) is 0.233. The first-order valence-corrected chi connectivity index (χ1v) is 8.15. The Labute approximate surface area is 157 Å². The fourth-order valence-corrected chi connectivity index (χ4v) is 2.34. The first-order chi connectivity index (χ1) is 13.1. The van der Waals surface area contributed by atoms with Gasteiger partial charge in [0, 0.05) is 5.56 Å². The summed E-state index contributed by atoms with van der Waals surface area (Å²) in [6, 6.07) is 11.1. The number of methoxy groups -OCH3 is 2. The molecule has 0 fully saturated rings. The summed E-state index contributed by atoms with van der Waals surface area (Å²) in [5, 5.41) is 0. The Morgan fingerprint density at radius 1 is 1.07 bits per heavy atom. The third kappa shape index (κ3) is 5.60. The molecule has 27 heavy (non-hydrogen) atoms. The summed E-state index contributed by atoms with van der Waals surface area (Å²) in [5.41, 5.74) is 1.12. The normalized spacial score (nSPS) is 10.9. The Bertz CT molecular complexity index is 812. The average molecular weight is 372 g/mol. The Hall–Kier alpha value is -3.28. The molecule has 0 saturated carbocycles. The van der Waals surface area contributed by atoms with Gasteiger partial charge in [0.15, 0.2) is 0 Å². The van der Waals surface area contributed by atoms with Crippen LogP contribution in [0.25, 0.3) is 5.57 Å². The number of benzene rings is 2. The summed E-state index contributed by atoms with van der Waals surface area (Å²) < 4.78 is 34.6. The molecule has 0 spiro atoms. The monoisotopic (exact) mass is 372 g/mol. The molecule has 0 aliphatic rings. The Kier molecular flexibility index (Phi) is 7.43. The van der Waals surface area contributed by atoms with Crippen molar-refractivity contribution in [1.29, 1.82) is 0 Å². The van der Waals surface area contributed by atoms with Gasteiger partial charge in [-0.3, -0.25) is 0 Å². The molecule has 6 heteroatoms. The Morgan fingerprint density at radius 3 is 2.33 bits per heavy atom. The number of esters is 1. The molecule has 0 heterocycles. The zero-order valence-corrected chi connectivity index (χ0v) is 15.2. The van der Waals surface area contributed by atoms with Crippen molar-refractivity contribution >= 4 is 11.5 Å². The minimum atomic E-state index is -0.589. The molecule has 2 aromatic rings. The van der Waals surface area contributed by atoms with Gasteiger partial charge in [-0.25, -0.2) is 9.18 Å². The minimum Gasteiger partial charge on any atom is -0.503 e. The quantitative estimate of drug-likeness (QED) is 0.287. The van der Waals surface area contributed by atoms with E-state index in [0.29, 0.717) is 29.2 Å². The zero-order valence-electron chi connectivity index (χ0n) is 15.2. The van der Waals surface area contributed by atoms with E-state index < -0.39 is 11.8 Å². The molecule has 2 aromatic carbocycles. The predicted molar refractivity (Wildman–Crippen MR) is 99.9 cm³/mol. The highest BCUT2D eigenvalue weighted by Gasteiger charge is 2.18. The lowest BCUT2D eigenvalue weighted by Crippen LogP contribution is -2.09. The van der Waals surface area contributed by atoms with E-state index in [-0.39, 0.29) is 12.2 Å². The standard InChI is InChI=1S/C21H21FO5/c1-4-11-26-17-6-8-18(9-7-17)27-13-15-12-16(22)5-10-19(15)20(14-24-2)21(23)25-3/h4-10,12,14H,1,11,13H2,2-3H3/b20-14-. The highest BCUT2D eigenvalue weighted by Crippen LogP contribution is 2.24. The van der Waals surface area contributed by atoms with Crippen molar-refractivity contribution < 1.29 is 28.1 Å². The summed E-state index contributed by atoms with van der Waals surface area (Å²) >= 11 is 0. The lowest BCUT2D eigenvalue weighted by molar-refractivity contribution is -0.133. The lowest BCUT2D eigenvalue weighted by atomic mass is 10.0. The predicted octanol–water partition coefficient (Wildman–Crippen LogP) is 4.13. The summed E-state index contributed by atoms with van der Waals surface area (Å²) in [4.78, 5) is 12.0. The Morgan fingerprint density at radius 2 is 1.74 bits per heavy atom.